The lowest BCUT2D eigenvalue weighted by Gasteiger charge is -2.11. The number of anilines is 1. The van der Waals surface area contributed by atoms with Crippen molar-refractivity contribution in [2.45, 2.75) is 4.90 Å². The van der Waals surface area contributed by atoms with Crippen LogP contribution in [0.1, 0.15) is 10.4 Å². The van der Waals surface area contributed by atoms with Crippen molar-refractivity contribution in [1.82, 2.24) is 0 Å². The molecule has 3 nitrogen and oxygen atoms in total. The van der Waals surface area contributed by atoms with Crippen LogP contribution in [0.4, 0.5) is 5.69 Å². The summed E-state index contributed by atoms with van der Waals surface area (Å²) < 4.78 is 4.32. The van der Waals surface area contributed by atoms with Crippen molar-refractivity contribution in [1.29, 1.82) is 0 Å². The minimum atomic E-state index is -0.991. The molecule has 0 amide bonds. The fourth-order valence-electron chi connectivity index (χ4n) is 2.79. The maximum Gasteiger partial charge on any atom is 0.337 e. The van der Waals surface area contributed by atoms with Crippen LogP contribution in [0.5, 0.6) is 0 Å². The van der Waals surface area contributed by atoms with E-state index in [1.807, 2.05) is 24.3 Å². The molecule has 0 spiro atoms. The first kappa shape index (κ1) is 19.2. The molecule has 0 aliphatic carbocycles. The van der Waals surface area contributed by atoms with E-state index in [-0.39, 0.29) is 5.56 Å². The first-order chi connectivity index (χ1) is 13.5. The second kappa shape index (κ2) is 8.05. The van der Waals surface area contributed by atoms with Gasteiger partial charge in [-0.1, -0.05) is 47.5 Å². The van der Waals surface area contributed by atoms with Crippen molar-refractivity contribution in [3.05, 3.63) is 82.3 Å². The molecule has 0 bridgehead atoms. The molecule has 140 valence electrons. The number of carboxylic acid groups (broad SMARTS) is 1. The van der Waals surface area contributed by atoms with Gasteiger partial charge in [0, 0.05) is 24.5 Å². The van der Waals surface area contributed by atoms with Crippen LogP contribution in [0.15, 0.2) is 71.6 Å². The summed E-state index contributed by atoms with van der Waals surface area (Å²) >= 11 is 15.0. The first-order valence-electron chi connectivity index (χ1n) is 8.25. The Balaban J connectivity index is 1.68. The standard InChI is InChI=1S/C21H13Cl2NO2S2/c22-14-9-15(23)11-16(10-14)28-24-18-7-13(5-6-17(18)21(25)26)20-8-12-3-1-2-4-19(12)27-20/h1-11,24H,(H,25,26). The molecule has 1 aromatic heterocycles. The summed E-state index contributed by atoms with van der Waals surface area (Å²) in [5.41, 5.74) is 1.67. The SMILES string of the molecule is O=C(O)c1ccc(-c2cc3ccccc3s2)cc1NSc1cc(Cl)cc(Cl)c1. The molecule has 3 aromatic carbocycles. The maximum absolute atomic E-state index is 11.6. The topological polar surface area (TPSA) is 49.3 Å². The Morgan fingerprint density at radius 2 is 1.71 bits per heavy atom. The van der Waals surface area contributed by atoms with Gasteiger partial charge in [-0.3, -0.25) is 0 Å². The van der Waals surface area contributed by atoms with Crippen molar-refractivity contribution in [3.8, 4) is 10.4 Å². The molecule has 0 atom stereocenters. The highest BCUT2D eigenvalue weighted by molar-refractivity contribution is 8.00. The largest absolute Gasteiger partial charge is 0.478 e. The van der Waals surface area contributed by atoms with Crippen LogP contribution in [0.25, 0.3) is 20.5 Å². The number of benzene rings is 3. The van der Waals surface area contributed by atoms with Crippen molar-refractivity contribution in [2.75, 3.05) is 4.72 Å². The molecule has 0 saturated heterocycles. The minimum absolute atomic E-state index is 0.200. The maximum atomic E-state index is 11.6. The monoisotopic (exact) mass is 445 g/mol. The number of halogens is 2. The average Bonchev–Trinajstić information content (AvgIpc) is 3.09. The summed E-state index contributed by atoms with van der Waals surface area (Å²) in [6, 6.07) is 20.8. The molecule has 0 aliphatic rings. The molecule has 7 heteroatoms. The molecule has 28 heavy (non-hydrogen) atoms. The van der Waals surface area contributed by atoms with Gasteiger partial charge in [0.1, 0.15) is 0 Å². The number of hydrogen-bond donors (Lipinski definition) is 2. The van der Waals surface area contributed by atoms with Crippen molar-refractivity contribution in [3.63, 3.8) is 0 Å². The lowest BCUT2D eigenvalue weighted by molar-refractivity contribution is 0.0698. The molecule has 0 fully saturated rings. The van der Waals surface area contributed by atoms with Gasteiger partial charge in [0.2, 0.25) is 0 Å². The van der Waals surface area contributed by atoms with Crippen molar-refractivity contribution < 1.29 is 9.90 Å². The molecule has 0 radical (unpaired) electrons. The molecular weight excluding hydrogens is 433 g/mol. The van der Waals surface area contributed by atoms with E-state index in [1.165, 1.54) is 22.0 Å². The van der Waals surface area contributed by atoms with Gasteiger partial charge in [0.05, 0.1) is 11.3 Å². The predicted molar refractivity (Wildman–Crippen MR) is 120 cm³/mol. The number of carboxylic acids is 1. The fourth-order valence-corrected chi connectivity index (χ4v) is 5.28. The van der Waals surface area contributed by atoms with E-state index in [9.17, 15) is 9.90 Å². The van der Waals surface area contributed by atoms with Crippen LogP contribution in [-0.2, 0) is 0 Å². The van der Waals surface area contributed by atoms with Crippen molar-refractivity contribution >= 4 is 68.2 Å². The van der Waals surface area contributed by atoms with E-state index in [2.05, 4.69) is 22.9 Å². The summed E-state index contributed by atoms with van der Waals surface area (Å²) in [6.07, 6.45) is 0. The lowest BCUT2D eigenvalue weighted by Crippen LogP contribution is -2.01. The minimum Gasteiger partial charge on any atom is -0.478 e. The number of nitrogens with one attached hydrogen (secondary N) is 1. The summed E-state index contributed by atoms with van der Waals surface area (Å²) in [6.45, 7) is 0. The Morgan fingerprint density at radius 3 is 2.43 bits per heavy atom. The van der Waals surface area contributed by atoms with Gasteiger partial charge < -0.3 is 9.83 Å². The molecule has 0 saturated carbocycles. The zero-order chi connectivity index (χ0) is 19.7. The average molecular weight is 446 g/mol. The van der Waals surface area contributed by atoms with Crippen LogP contribution in [0.3, 0.4) is 0 Å². The van der Waals surface area contributed by atoms with Gasteiger partial charge >= 0.3 is 5.97 Å². The summed E-state index contributed by atoms with van der Waals surface area (Å²) in [7, 11) is 0. The highest BCUT2D eigenvalue weighted by atomic mass is 35.5. The van der Waals surface area contributed by atoms with Gasteiger partial charge in [0.15, 0.2) is 0 Å². The summed E-state index contributed by atoms with van der Waals surface area (Å²) in [4.78, 5) is 13.5. The van der Waals surface area contributed by atoms with Crippen LogP contribution < -0.4 is 4.72 Å². The van der Waals surface area contributed by atoms with Gasteiger partial charge in [-0.15, -0.1) is 11.3 Å². The van der Waals surface area contributed by atoms with E-state index in [4.69, 9.17) is 23.2 Å². The lowest BCUT2D eigenvalue weighted by atomic mass is 10.1. The van der Waals surface area contributed by atoms with E-state index < -0.39 is 5.97 Å². The normalized spacial score (nSPS) is 10.9. The Bertz CT molecular complexity index is 1140. The second-order valence-corrected chi connectivity index (χ2v) is 8.86. The number of fused-ring (bicyclic) bond motifs is 1. The fraction of sp³-hybridized carbons (Fsp3) is 0. The molecular formula is C21H13Cl2NO2S2. The van der Waals surface area contributed by atoms with Crippen LogP contribution in [-0.4, -0.2) is 11.1 Å². The number of hydrogen-bond acceptors (Lipinski definition) is 4. The molecule has 4 aromatic rings. The smallest absolute Gasteiger partial charge is 0.337 e. The third-order valence-corrected chi connectivity index (χ3v) is 6.47. The van der Waals surface area contributed by atoms with Gasteiger partial charge in [-0.05, 0) is 65.4 Å². The molecule has 4 rings (SSSR count). The number of thiophene rings is 1. The number of aromatic carboxylic acids is 1. The summed E-state index contributed by atoms with van der Waals surface area (Å²) in [5, 5.41) is 11.8. The quantitative estimate of drug-likeness (QED) is 0.309. The van der Waals surface area contributed by atoms with E-state index in [1.54, 1.807) is 35.6 Å². The molecule has 2 N–H and O–H groups in total. The summed E-state index contributed by atoms with van der Waals surface area (Å²) in [5.74, 6) is -0.991. The van der Waals surface area contributed by atoms with Gasteiger partial charge in [-0.2, -0.15) is 0 Å². The zero-order valence-corrected chi connectivity index (χ0v) is 17.4. The highest BCUT2D eigenvalue weighted by Gasteiger charge is 2.13. The molecule has 0 unspecified atom stereocenters. The Labute approximate surface area is 180 Å². The number of rotatable bonds is 5. The van der Waals surface area contributed by atoms with E-state index >= 15 is 0 Å². The Kier molecular flexibility index (Phi) is 5.51. The van der Waals surface area contributed by atoms with E-state index in [0.717, 1.165) is 15.3 Å². The number of carbonyl (C=O) groups is 1. The third-order valence-electron chi connectivity index (χ3n) is 4.07. The van der Waals surface area contributed by atoms with Gasteiger partial charge in [-0.25, -0.2) is 4.79 Å². The van der Waals surface area contributed by atoms with Gasteiger partial charge in [0.25, 0.3) is 0 Å². The molecule has 0 aliphatic heterocycles. The zero-order valence-electron chi connectivity index (χ0n) is 14.3. The van der Waals surface area contributed by atoms with E-state index in [0.29, 0.717) is 15.7 Å². The second-order valence-electron chi connectivity index (χ2n) is 6.02. The third kappa shape index (κ3) is 4.13. The van der Waals surface area contributed by atoms with Crippen LogP contribution >= 0.6 is 46.5 Å². The van der Waals surface area contributed by atoms with Crippen molar-refractivity contribution in [2.24, 2.45) is 0 Å². The van der Waals surface area contributed by atoms with Crippen LogP contribution in [0.2, 0.25) is 10.0 Å². The highest BCUT2D eigenvalue weighted by Crippen LogP contribution is 2.36. The Hall–Kier alpha value is -2.18. The molecule has 1 heterocycles. The Morgan fingerprint density at radius 1 is 0.964 bits per heavy atom. The predicted octanol–water partition coefficient (Wildman–Crippen LogP) is 7.69. The first-order valence-corrected chi connectivity index (χ1v) is 10.6. The van der Waals surface area contributed by atoms with Crippen LogP contribution in [0, 0.1) is 0 Å².